The lowest BCUT2D eigenvalue weighted by molar-refractivity contribution is -0.127. The predicted octanol–water partition coefficient (Wildman–Crippen LogP) is 0.637. The number of nitrogens with one attached hydrogen (secondary N) is 1. The molecule has 3 saturated carbocycles. The fraction of sp³-hybridized carbons (Fsp3) is 0.929. The van der Waals surface area contributed by atoms with E-state index in [1.165, 1.54) is 12.8 Å². The van der Waals surface area contributed by atoms with Crippen molar-refractivity contribution in [1.82, 2.24) is 5.32 Å². The summed E-state index contributed by atoms with van der Waals surface area (Å²) in [6.07, 6.45) is 6.14. The highest BCUT2D eigenvalue weighted by Crippen LogP contribution is 2.47. The van der Waals surface area contributed by atoms with E-state index in [2.05, 4.69) is 5.32 Å². The monoisotopic (exact) mass is 252 g/mol. The topological polar surface area (TPSA) is 75.4 Å². The molecule has 4 heteroatoms. The Labute approximate surface area is 108 Å². The standard InChI is InChI=1S/C14H24N2O2/c15-13-10-3-2-9(6-10)12(13)14(18)16-7-8-1-4-11(17)5-8/h8-13,17H,1-7,15H2,(H,16,18). The summed E-state index contributed by atoms with van der Waals surface area (Å²) in [6, 6.07) is 0.0814. The molecular formula is C14H24N2O2. The van der Waals surface area contributed by atoms with E-state index in [1.54, 1.807) is 0 Å². The van der Waals surface area contributed by atoms with E-state index < -0.39 is 0 Å². The molecule has 102 valence electrons. The van der Waals surface area contributed by atoms with Gasteiger partial charge >= 0.3 is 0 Å². The number of hydrogen-bond donors (Lipinski definition) is 3. The molecule has 18 heavy (non-hydrogen) atoms. The van der Waals surface area contributed by atoms with Gasteiger partial charge in [-0.05, 0) is 56.3 Å². The fourth-order valence-electron chi connectivity index (χ4n) is 4.32. The lowest BCUT2D eigenvalue weighted by Gasteiger charge is -2.27. The predicted molar refractivity (Wildman–Crippen MR) is 68.7 cm³/mol. The number of fused-ring (bicyclic) bond motifs is 2. The third kappa shape index (κ3) is 2.16. The molecule has 4 N–H and O–H groups in total. The van der Waals surface area contributed by atoms with Crippen molar-refractivity contribution < 1.29 is 9.90 Å². The molecule has 3 rings (SSSR count). The van der Waals surface area contributed by atoms with Crippen molar-refractivity contribution in [3.63, 3.8) is 0 Å². The first kappa shape index (κ1) is 12.4. The van der Waals surface area contributed by atoms with Crippen molar-refractivity contribution in [2.45, 2.75) is 50.7 Å². The van der Waals surface area contributed by atoms with E-state index in [4.69, 9.17) is 5.73 Å². The Balaban J connectivity index is 1.50. The van der Waals surface area contributed by atoms with Gasteiger partial charge in [0.05, 0.1) is 12.0 Å². The normalized spacial score (nSPS) is 46.6. The highest BCUT2D eigenvalue weighted by Gasteiger charge is 2.49. The van der Waals surface area contributed by atoms with E-state index in [9.17, 15) is 9.90 Å². The van der Waals surface area contributed by atoms with Crippen LogP contribution in [0.1, 0.15) is 38.5 Å². The molecule has 1 amide bonds. The molecule has 4 nitrogen and oxygen atoms in total. The third-order valence-corrected chi connectivity index (χ3v) is 5.36. The number of hydrogen-bond acceptors (Lipinski definition) is 3. The Morgan fingerprint density at radius 2 is 1.94 bits per heavy atom. The molecule has 6 unspecified atom stereocenters. The molecule has 3 fully saturated rings. The fourth-order valence-corrected chi connectivity index (χ4v) is 4.32. The SMILES string of the molecule is NC1C2CCC(C2)C1C(=O)NCC1CCC(O)C1. The van der Waals surface area contributed by atoms with E-state index in [0.717, 1.165) is 32.2 Å². The van der Waals surface area contributed by atoms with Crippen LogP contribution in [0.15, 0.2) is 0 Å². The van der Waals surface area contributed by atoms with E-state index >= 15 is 0 Å². The molecule has 0 aromatic carbocycles. The van der Waals surface area contributed by atoms with Gasteiger partial charge in [-0.25, -0.2) is 0 Å². The largest absolute Gasteiger partial charge is 0.393 e. The van der Waals surface area contributed by atoms with Crippen LogP contribution in [0.25, 0.3) is 0 Å². The van der Waals surface area contributed by atoms with Gasteiger partial charge in [-0.3, -0.25) is 4.79 Å². The summed E-state index contributed by atoms with van der Waals surface area (Å²) in [6.45, 7) is 0.719. The van der Waals surface area contributed by atoms with Crippen LogP contribution in [-0.4, -0.2) is 29.7 Å². The second-order valence-electron chi connectivity index (χ2n) is 6.51. The minimum atomic E-state index is -0.156. The summed E-state index contributed by atoms with van der Waals surface area (Å²) in [7, 11) is 0. The minimum absolute atomic E-state index is 0.0510. The Hall–Kier alpha value is -0.610. The molecule has 2 bridgehead atoms. The molecule has 3 aliphatic carbocycles. The molecule has 0 spiro atoms. The van der Waals surface area contributed by atoms with Crippen molar-refractivity contribution in [3.05, 3.63) is 0 Å². The second-order valence-corrected chi connectivity index (χ2v) is 6.51. The van der Waals surface area contributed by atoms with Gasteiger partial charge in [-0.2, -0.15) is 0 Å². The van der Waals surface area contributed by atoms with Gasteiger partial charge in [0.2, 0.25) is 5.91 Å². The number of carbonyl (C=O) groups is 1. The van der Waals surface area contributed by atoms with Crippen molar-refractivity contribution in [1.29, 1.82) is 0 Å². The molecule has 0 heterocycles. The van der Waals surface area contributed by atoms with Gasteiger partial charge in [-0.15, -0.1) is 0 Å². The van der Waals surface area contributed by atoms with Crippen molar-refractivity contribution in [2.75, 3.05) is 6.54 Å². The van der Waals surface area contributed by atoms with Crippen LogP contribution < -0.4 is 11.1 Å². The van der Waals surface area contributed by atoms with E-state index in [0.29, 0.717) is 17.8 Å². The number of amides is 1. The van der Waals surface area contributed by atoms with Gasteiger partial charge in [0.25, 0.3) is 0 Å². The van der Waals surface area contributed by atoms with Crippen molar-refractivity contribution in [3.8, 4) is 0 Å². The van der Waals surface area contributed by atoms with Gasteiger partial charge in [-0.1, -0.05) is 0 Å². The molecule has 0 aromatic heterocycles. The quantitative estimate of drug-likeness (QED) is 0.690. The van der Waals surface area contributed by atoms with Crippen molar-refractivity contribution >= 4 is 5.91 Å². The number of rotatable bonds is 3. The summed E-state index contributed by atoms with van der Waals surface area (Å²) in [5, 5.41) is 12.5. The van der Waals surface area contributed by atoms with Gasteiger partial charge in [0, 0.05) is 12.6 Å². The molecule has 0 aliphatic heterocycles. The number of aliphatic hydroxyl groups excluding tert-OH is 1. The summed E-state index contributed by atoms with van der Waals surface area (Å²) < 4.78 is 0. The van der Waals surface area contributed by atoms with Crippen molar-refractivity contribution in [2.24, 2.45) is 29.4 Å². The second kappa shape index (κ2) is 4.82. The van der Waals surface area contributed by atoms with Crippen LogP contribution in [0.5, 0.6) is 0 Å². The molecule has 6 atom stereocenters. The van der Waals surface area contributed by atoms with Gasteiger partial charge < -0.3 is 16.2 Å². The maximum Gasteiger partial charge on any atom is 0.224 e. The summed E-state index contributed by atoms with van der Waals surface area (Å²) in [5.41, 5.74) is 6.17. The lowest BCUT2D eigenvalue weighted by Crippen LogP contribution is -2.46. The summed E-state index contributed by atoms with van der Waals surface area (Å²) >= 11 is 0. The van der Waals surface area contributed by atoms with Gasteiger partial charge in [0.15, 0.2) is 0 Å². The average molecular weight is 252 g/mol. The lowest BCUT2D eigenvalue weighted by atomic mass is 9.84. The first-order valence-electron chi connectivity index (χ1n) is 7.36. The molecular weight excluding hydrogens is 228 g/mol. The first-order chi connectivity index (χ1) is 8.65. The Kier molecular flexibility index (Phi) is 3.32. The Bertz CT molecular complexity index is 332. The van der Waals surface area contributed by atoms with Crippen LogP contribution in [0.2, 0.25) is 0 Å². The van der Waals surface area contributed by atoms with Crippen LogP contribution in [-0.2, 0) is 4.79 Å². The molecule has 0 radical (unpaired) electrons. The molecule has 3 aliphatic rings. The van der Waals surface area contributed by atoms with Crippen LogP contribution in [0.4, 0.5) is 0 Å². The molecule has 0 saturated heterocycles. The van der Waals surface area contributed by atoms with Crippen LogP contribution in [0.3, 0.4) is 0 Å². The summed E-state index contributed by atoms with van der Waals surface area (Å²) in [5.74, 6) is 1.78. The zero-order valence-electron chi connectivity index (χ0n) is 10.8. The van der Waals surface area contributed by atoms with Crippen LogP contribution >= 0.6 is 0 Å². The maximum atomic E-state index is 12.2. The first-order valence-corrected chi connectivity index (χ1v) is 7.36. The van der Waals surface area contributed by atoms with E-state index in [-0.39, 0.29) is 24.0 Å². The summed E-state index contributed by atoms with van der Waals surface area (Å²) in [4.78, 5) is 12.2. The zero-order chi connectivity index (χ0) is 12.7. The third-order valence-electron chi connectivity index (χ3n) is 5.36. The molecule has 0 aromatic rings. The number of carbonyl (C=O) groups excluding carboxylic acids is 1. The zero-order valence-corrected chi connectivity index (χ0v) is 10.8. The maximum absolute atomic E-state index is 12.2. The highest BCUT2D eigenvalue weighted by atomic mass is 16.3. The minimum Gasteiger partial charge on any atom is -0.393 e. The average Bonchev–Trinajstić information content (AvgIpc) is 3.02. The smallest absolute Gasteiger partial charge is 0.224 e. The van der Waals surface area contributed by atoms with Gasteiger partial charge in [0.1, 0.15) is 0 Å². The Morgan fingerprint density at radius 3 is 2.56 bits per heavy atom. The number of nitrogens with two attached hydrogens (primary N) is 1. The van der Waals surface area contributed by atoms with Crippen LogP contribution in [0, 0.1) is 23.7 Å². The number of aliphatic hydroxyl groups is 1. The van der Waals surface area contributed by atoms with E-state index in [1.807, 2.05) is 0 Å². The Morgan fingerprint density at radius 1 is 1.17 bits per heavy atom. The highest BCUT2D eigenvalue weighted by molar-refractivity contribution is 5.80.